The van der Waals surface area contributed by atoms with Crippen LogP contribution in [-0.4, -0.2) is 13.4 Å². The van der Waals surface area contributed by atoms with Crippen LogP contribution in [0.3, 0.4) is 0 Å². The first kappa shape index (κ1) is 15.6. The summed E-state index contributed by atoms with van der Waals surface area (Å²) in [7, 11) is 1.31. The minimum Gasteiger partial charge on any atom is -0.495 e. The molecule has 2 aromatic rings. The zero-order valence-corrected chi connectivity index (χ0v) is 11.4. The van der Waals surface area contributed by atoms with Gasteiger partial charge in [-0.15, -0.1) is 0 Å². The molecular formula is C16H10F3NO2. The number of ether oxygens (including phenoxy) is 1. The van der Waals surface area contributed by atoms with E-state index in [2.05, 4.69) is 0 Å². The predicted octanol–water partition coefficient (Wildman–Crippen LogP) is 4.07. The van der Waals surface area contributed by atoms with Gasteiger partial charge in [0.25, 0.3) is 0 Å². The first-order valence-electron chi connectivity index (χ1n) is 6.16. The number of halogens is 3. The van der Waals surface area contributed by atoms with Crippen LogP contribution >= 0.6 is 0 Å². The SMILES string of the molecule is COc1c(C=O)cccc1-c1cc(C(F)(F)F)ccc1C#N. The number of rotatable bonds is 3. The summed E-state index contributed by atoms with van der Waals surface area (Å²) in [4.78, 5) is 11.0. The van der Waals surface area contributed by atoms with E-state index in [4.69, 9.17) is 10.00 Å². The highest BCUT2D eigenvalue weighted by atomic mass is 19.4. The summed E-state index contributed by atoms with van der Waals surface area (Å²) in [5, 5.41) is 9.12. The van der Waals surface area contributed by atoms with Gasteiger partial charge in [-0.3, -0.25) is 4.79 Å². The summed E-state index contributed by atoms with van der Waals surface area (Å²) in [6, 6.07) is 9.18. The minimum absolute atomic E-state index is 0.0642. The molecule has 0 fully saturated rings. The van der Waals surface area contributed by atoms with Crippen molar-refractivity contribution in [2.24, 2.45) is 0 Å². The summed E-state index contributed by atoms with van der Waals surface area (Å²) in [6.07, 6.45) is -3.99. The van der Waals surface area contributed by atoms with E-state index < -0.39 is 11.7 Å². The van der Waals surface area contributed by atoms with Gasteiger partial charge in [-0.25, -0.2) is 0 Å². The lowest BCUT2D eigenvalue weighted by Gasteiger charge is -2.14. The van der Waals surface area contributed by atoms with Crippen molar-refractivity contribution in [1.82, 2.24) is 0 Å². The average Bonchev–Trinajstić information content (AvgIpc) is 2.52. The molecule has 0 amide bonds. The Balaban J connectivity index is 2.77. The standard InChI is InChI=1S/C16H10F3NO2/c1-22-15-11(9-21)3-2-4-13(15)14-7-12(16(17,18)19)6-5-10(14)8-20/h2-7,9H,1H3. The highest BCUT2D eigenvalue weighted by Gasteiger charge is 2.31. The molecule has 0 saturated carbocycles. The Morgan fingerprint density at radius 2 is 1.91 bits per heavy atom. The fraction of sp³-hybridized carbons (Fsp3) is 0.125. The fourth-order valence-electron chi connectivity index (χ4n) is 2.13. The lowest BCUT2D eigenvalue weighted by atomic mass is 9.95. The average molecular weight is 305 g/mol. The molecule has 3 nitrogen and oxygen atoms in total. The molecule has 0 aliphatic heterocycles. The second kappa shape index (κ2) is 5.90. The molecule has 0 heterocycles. The first-order valence-corrected chi connectivity index (χ1v) is 6.16. The second-order valence-electron chi connectivity index (χ2n) is 4.42. The number of aldehydes is 1. The molecule has 0 aliphatic rings. The molecule has 0 unspecified atom stereocenters. The molecule has 0 saturated heterocycles. The van der Waals surface area contributed by atoms with Gasteiger partial charge in [-0.1, -0.05) is 12.1 Å². The first-order chi connectivity index (χ1) is 10.4. The Morgan fingerprint density at radius 1 is 1.18 bits per heavy atom. The monoisotopic (exact) mass is 305 g/mol. The quantitative estimate of drug-likeness (QED) is 0.803. The molecular weight excluding hydrogens is 295 g/mol. The van der Waals surface area contributed by atoms with E-state index in [9.17, 15) is 18.0 Å². The molecule has 0 N–H and O–H groups in total. The molecule has 22 heavy (non-hydrogen) atoms. The Bertz CT molecular complexity index is 761. The van der Waals surface area contributed by atoms with E-state index in [-0.39, 0.29) is 28.0 Å². The van der Waals surface area contributed by atoms with Crippen LogP contribution in [0.1, 0.15) is 21.5 Å². The number of hydrogen-bond acceptors (Lipinski definition) is 3. The third kappa shape index (κ3) is 2.79. The predicted molar refractivity (Wildman–Crippen MR) is 73.5 cm³/mol. The molecule has 0 aliphatic carbocycles. The summed E-state index contributed by atoms with van der Waals surface area (Å²) in [5.74, 6) is 0.133. The maximum Gasteiger partial charge on any atom is 0.416 e. The molecule has 6 heteroatoms. The molecule has 0 radical (unpaired) electrons. The maximum absolute atomic E-state index is 12.9. The van der Waals surface area contributed by atoms with E-state index in [1.165, 1.54) is 25.3 Å². The van der Waals surface area contributed by atoms with E-state index in [0.29, 0.717) is 6.29 Å². The van der Waals surface area contributed by atoms with Crippen molar-refractivity contribution in [2.75, 3.05) is 7.11 Å². The topological polar surface area (TPSA) is 50.1 Å². The van der Waals surface area contributed by atoms with Crippen molar-refractivity contribution in [3.8, 4) is 22.9 Å². The lowest BCUT2D eigenvalue weighted by molar-refractivity contribution is -0.137. The van der Waals surface area contributed by atoms with E-state index in [1.54, 1.807) is 0 Å². The van der Waals surface area contributed by atoms with Gasteiger partial charge in [0.1, 0.15) is 5.75 Å². The van der Waals surface area contributed by atoms with Crippen LogP contribution in [0.5, 0.6) is 5.75 Å². The number of carbonyl (C=O) groups is 1. The van der Waals surface area contributed by atoms with E-state index in [0.717, 1.165) is 18.2 Å². The van der Waals surface area contributed by atoms with Crippen molar-refractivity contribution in [1.29, 1.82) is 5.26 Å². The van der Waals surface area contributed by atoms with Crippen molar-refractivity contribution in [3.05, 3.63) is 53.1 Å². The number of carbonyl (C=O) groups excluding carboxylic acids is 1. The molecule has 2 aromatic carbocycles. The number of benzene rings is 2. The van der Waals surface area contributed by atoms with E-state index >= 15 is 0 Å². The maximum atomic E-state index is 12.9. The number of nitrogens with zero attached hydrogens (tertiary/aromatic N) is 1. The van der Waals surface area contributed by atoms with Crippen molar-refractivity contribution < 1.29 is 22.7 Å². The van der Waals surface area contributed by atoms with Gasteiger partial charge >= 0.3 is 6.18 Å². The van der Waals surface area contributed by atoms with Gasteiger partial charge in [0.05, 0.1) is 29.9 Å². The smallest absolute Gasteiger partial charge is 0.416 e. The van der Waals surface area contributed by atoms with Crippen LogP contribution in [-0.2, 0) is 6.18 Å². The van der Waals surface area contributed by atoms with Crippen molar-refractivity contribution in [3.63, 3.8) is 0 Å². The Morgan fingerprint density at radius 3 is 2.45 bits per heavy atom. The van der Waals surface area contributed by atoms with Crippen LogP contribution < -0.4 is 4.74 Å². The van der Waals surface area contributed by atoms with Crippen LogP contribution in [0.25, 0.3) is 11.1 Å². The molecule has 112 valence electrons. The Hall–Kier alpha value is -2.81. The van der Waals surface area contributed by atoms with Crippen molar-refractivity contribution >= 4 is 6.29 Å². The number of hydrogen-bond donors (Lipinski definition) is 0. The third-order valence-corrected chi connectivity index (χ3v) is 3.13. The molecule has 2 rings (SSSR count). The number of para-hydroxylation sites is 1. The fourth-order valence-corrected chi connectivity index (χ4v) is 2.13. The number of nitriles is 1. The zero-order chi connectivity index (χ0) is 16.3. The zero-order valence-electron chi connectivity index (χ0n) is 11.4. The highest BCUT2D eigenvalue weighted by Crippen LogP contribution is 2.38. The highest BCUT2D eigenvalue weighted by molar-refractivity contribution is 5.87. The molecule has 0 bridgehead atoms. The summed E-state index contributed by atoms with van der Waals surface area (Å²) in [6.45, 7) is 0. The normalized spacial score (nSPS) is 10.9. The molecule has 0 atom stereocenters. The molecule has 0 spiro atoms. The van der Waals surface area contributed by atoms with Gasteiger partial charge in [0.15, 0.2) is 6.29 Å². The van der Waals surface area contributed by atoms with Gasteiger partial charge in [0, 0.05) is 11.1 Å². The largest absolute Gasteiger partial charge is 0.495 e. The lowest BCUT2D eigenvalue weighted by Crippen LogP contribution is -2.05. The number of alkyl halides is 3. The summed E-state index contributed by atoms with van der Waals surface area (Å²) in [5.41, 5.74) is -0.289. The van der Waals surface area contributed by atoms with Crippen LogP contribution in [0.4, 0.5) is 13.2 Å². The number of methoxy groups -OCH3 is 1. The van der Waals surface area contributed by atoms with Gasteiger partial charge < -0.3 is 4.74 Å². The van der Waals surface area contributed by atoms with Gasteiger partial charge in [0.2, 0.25) is 0 Å². The van der Waals surface area contributed by atoms with Crippen molar-refractivity contribution in [2.45, 2.75) is 6.18 Å². The Labute approximate surface area is 124 Å². The van der Waals surface area contributed by atoms with Crippen LogP contribution in [0.15, 0.2) is 36.4 Å². The molecule has 0 aromatic heterocycles. The summed E-state index contributed by atoms with van der Waals surface area (Å²) < 4.78 is 43.8. The second-order valence-corrected chi connectivity index (χ2v) is 4.42. The van der Waals surface area contributed by atoms with Crippen LogP contribution in [0.2, 0.25) is 0 Å². The van der Waals surface area contributed by atoms with Gasteiger partial charge in [-0.05, 0) is 24.3 Å². The summed E-state index contributed by atoms with van der Waals surface area (Å²) >= 11 is 0. The van der Waals surface area contributed by atoms with Gasteiger partial charge in [-0.2, -0.15) is 18.4 Å². The minimum atomic E-state index is -4.53. The van der Waals surface area contributed by atoms with E-state index in [1.807, 2.05) is 6.07 Å². The third-order valence-electron chi connectivity index (χ3n) is 3.13. The van der Waals surface area contributed by atoms with Crippen LogP contribution in [0, 0.1) is 11.3 Å². The Kier molecular flexibility index (Phi) is 4.18.